The highest BCUT2D eigenvalue weighted by Crippen LogP contribution is 2.20. The number of carbonyl (C=O) groups excluding carboxylic acids is 1. The van der Waals surface area contributed by atoms with Crippen molar-refractivity contribution in [2.24, 2.45) is 5.73 Å². The van der Waals surface area contributed by atoms with E-state index in [2.05, 4.69) is 26.2 Å². The maximum absolute atomic E-state index is 12.1. The summed E-state index contributed by atoms with van der Waals surface area (Å²) in [7, 11) is 0. The van der Waals surface area contributed by atoms with E-state index in [1.54, 1.807) is 6.07 Å². The Morgan fingerprint density at radius 3 is 2.95 bits per heavy atom. The molecule has 0 saturated heterocycles. The SMILES string of the molecule is CC(N)Cc1csc(NC(=O)c2ccccc2Br)n1. The molecule has 1 aromatic carbocycles. The lowest BCUT2D eigenvalue weighted by Crippen LogP contribution is -2.18. The molecule has 6 heteroatoms. The zero-order chi connectivity index (χ0) is 13.8. The van der Waals surface area contributed by atoms with E-state index in [0.717, 1.165) is 10.2 Å². The van der Waals surface area contributed by atoms with Gasteiger partial charge in [-0.15, -0.1) is 11.3 Å². The minimum atomic E-state index is -0.172. The fourth-order valence-corrected chi connectivity index (χ4v) is 2.78. The Hall–Kier alpha value is -1.24. The molecule has 0 saturated carbocycles. The largest absolute Gasteiger partial charge is 0.328 e. The predicted molar refractivity (Wildman–Crippen MR) is 81.6 cm³/mol. The molecule has 2 rings (SSSR count). The van der Waals surface area contributed by atoms with E-state index in [0.29, 0.717) is 17.1 Å². The summed E-state index contributed by atoms with van der Waals surface area (Å²) in [4.78, 5) is 16.4. The third-order valence-corrected chi connectivity index (χ3v) is 3.92. The van der Waals surface area contributed by atoms with Crippen LogP contribution in [0.2, 0.25) is 0 Å². The van der Waals surface area contributed by atoms with Crippen LogP contribution in [0.15, 0.2) is 34.1 Å². The molecule has 0 fully saturated rings. The first-order valence-electron chi connectivity index (χ1n) is 5.82. The topological polar surface area (TPSA) is 68.0 Å². The van der Waals surface area contributed by atoms with Crippen LogP contribution in [0.3, 0.4) is 0 Å². The van der Waals surface area contributed by atoms with Gasteiger partial charge in [0.1, 0.15) is 0 Å². The van der Waals surface area contributed by atoms with Crippen LogP contribution in [0.5, 0.6) is 0 Å². The van der Waals surface area contributed by atoms with Crippen molar-refractivity contribution in [1.29, 1.82) is 0 Å². The van der Waals surface area contributed by atoms with E-state index in [1.165, 1.54) is 11.3 Å². The molecule has 1 aromatic heterocycles. The quantitative estimate of drug-likeness (QED) is 0.899. The normalized spacial score (nSPS) is 12.2. The van der Waals surface area contributed by atoms with Crippen LogP contribution in [0.1, 0.15) is 23.0 Å². The Labute approximate surface area is 124 Å². The molecule has 0 aliphatic heterocycles. The first-order valence-corrected chi connectivity index (χ1v) is 7.49. The Balaban J connectivity index is 2.07. The second kappa shape index (κ2) is 6.27. The third kappa shape index (κ3) is 3.86. The molecule has 1 heterocycles. The number of thiazole rings is 1. The average molecular weight is 340 g/mol. The van der Waals surface area contributed by atoms with Gasteiger partial charge in [-0.1, -0.05) is 12.1 Å². The maximum atomic E-state index is 12.1. The van der Waals surface area contributed by atoms with Gasteiger partial charge in [0.05, 0.1) is 11.3 Å². The summed E-state index contributed by atoms with van der Waals surface area (Å²) in [6.07, 6.45) is 0.710. The minimum Gasteiger partial charge on any atom is -0.328 e. The molecule has 100 valence electrons. The highest BCUT2D eigenvalue weighted by atomic mass is 79.9. The van der Waals surface area contributed by atoms with Gasteiger partial charge in [-0.25, -0.2) is 4.98 Å². The van der Waals surface area contributed by atoms with Crippen molar-refractivity contribution < 1.29 is 4.79 Å². The van der Waals surface area contributed by atoms with Crippen molar-refractivity contribution in [3.8, 4) is 0 Å². The third-order valence-electron chi connectivity index (χ3n) is 2.42. The number of carbonyl (C=O) groups is 1. The molecule has 1 unspecified atom stereocenters. The van der Waals surface area contributed by atoms with Gasteiger partial charge in [-0.2, -0.15) is 0 Å². The molecule has 19 heavy (non-hydrogen) atoms. The highest BCUT2D eigenvalue weighted by Gasteiger charge is 2.12. The van der Waals surface area contributed by atoms with Crippen molar-refractivity contribution >= 4 is 38.3 Å². The van der Waals surface area contributed by atoms with Crippen LogP contribution >= 0.6 is 27.3 Å². The van der Waals surface area contributed by atoms with Crippen LogP contribution in [0, 0.1) is 0 Å². The number of nitrogens with one attached hydrogen (secondary N) is 1. The van der Waals surface area contributed by atoms with Crippen LogP contribution in [-0.2, 0) is 6.42 Å². The lowest BCUT2D eigenvalue weighted by molar-refractivity contribution is 0.102. The van der Waals surface area contributed by atoms with Crippen molar-refractivity contribution in [1.82, 2.24) is 4.98 Å². The summed E-state index contributed by atoms with van der Waals surface area (Å²) in [6.45, 7) is 1.93. The zero-order valence-electron chi connectivity index (χ0n) is 10.4. The number of hydrogen-bond acceptors (Lipinski definition) is 4. The number of nitrogens with zero attached hydrogens (tertiary/aromatic N) is 1. The van der Waals surface area contributed by atoms with Crippen molar-refractivity contribution in [3.05, 3.63) is 45.4 Å². The summed E-state index contributed by atoms with van der Waals surface area (Å²) in [5, 5.41) is 5.30. The van der Waals surface area contributed by atoms with Gasteiger partial charge in [-0.3, -0.25) is 10.1 Å². The molecule has 1 amide bonds. The second-order valence-electron chi connectivity index (χ2n) is 4.26. The first kappa shape index (κ1) is 14.2. The molecular formula is C13H14BrN3OS. The van der Waals surface area contributed by atoms with Crippen LogP contribution in [-0.4, -0.2) is 16.9 Å². The second-order valence-corrected chi connectivity index (χ2v) is 5.97. The standard InChI is InChI=1S/C13H14BrN3OS/c1-8(15)6-9-7-19-13(16-9)17-12(18)10-4-2-3-5-11(10)14/h2-5,7-8H,6,15H2,1H3,(H,16,17,18). The monoisotopic (exact) mass is 339 g/mol. The predicted octanol–water partition coefficient (Wildman–Crippen LogP) is 3.05. The van der Waals surface area contributed by atoms with E-state index in [4.69, 9.17) is 5.73 Å². The van der Waals surface area contributed by atoms with E-state index in [9.17, 15) is 4.79 Å². The molecule has 2 aromatic rings. The Bertz CT molecular complexity index is 583. The van der Waals surface area contributed by atoms with Crippen LogP contribution in [0.25, 0.3) is 0 Å². The maximum Gasteiger partial charge on any atom is 0.258 e. The average Bonchev–Trinajstić information content (AvgIpc) is 2.76. The number of anilines is 1. The van der Waals surface area contributed by atoms with Gasteiger partial charge in [0.25, 0.3) is 5.91 Å². The smallest absolute Gasteiger partial charge is 0.258 e. The molecule has 0 spiro atoms. The number of rotatable bonds is 4. The van der Waals surface area contributed by atoms with E-state index >= 15 is 0 Å². The fraction of sp³-hybridized carbons (Fsp3) is 0.231. The number of hydrogen-bond donors (Lipinski definition) is 2. The van der Waals surface area contributed by atoms with E-state index in [-0.39, 0.29) is 11.9 Å². The molecule has 1 atom stereocenters. The molecule has 0 radical (unpaired) electrons. The van der Waals surface area contributed by atoms with Gasteiger partial charge in [0.15, 0.2) is 5.13 Å². The van der Waals surface area contributed by atoms with Gasteiger partial charge >= 0.3 is 0 Å². The van der Waals surface area contributed by atoms with Gasteiger partial charge in [0, 0.05) is 22.3 Å². The summed E-state index contributed by atoms with van der Waals surface area (Å²) in [5.74, 6) is -0.172. The lowest BCUT2D eigenvalue weighted by atomic mass is 10.2. The summed E-state index contributed by atoms with van der Waals surface area (Å²) < 4.78 is 0.764. The summed E-state index contributed by atoms with van der Waals surface area (Å²) in [6, 6.07) is 7.34. The molecule has 0 aliphatic carbocycles. The van der Waals surface area contributed by atoms with Crippen LogP contribution in [0.4, 0.5) is 5.13 Å². The molecule has 3 N–H and O–H groups in total. The number of halogens is 1. The van der Waals surface area contributed by atoms with Crippen molar-refractivity contribution in [3.63, 3.8) is 0 Å². The molecule has 0 aliphatic rings. The van der Waals surface area contributed by atoms with Crippen LogP contribution < -0.4 is 11.1 Å². The Kier molecular flexibility index (Phi) is 4.68. The van der Waals surface area contributed by atoms with Gasteiger partial charge in [-0.05, 0) is 35.0 Å². The molecule has 4 nitrogen and oxygen atoms in total. The van der Waals surface area contributed by atoms with Gasteiger partial charge < -0.3 is 5.73 Å². The number of benzene rings is 1. The van der Waals surface area contributed by atoms with E-state index < -0.39 is 0 Å². The molecular weight excluding hydrogens is 326 g/mol. The van der Waals surface area contributed by atoms with E-state index in [1.807, 2.05) is 30.5 Å². The van der Waals surface area contributed by atoms with Crippen molar-refractivity contribution in [2.75, 3.05) is 5.32 Å². The minimum absolute atomic E-state index is 0.0638. The van der Waals surface area contributed by atoms with Crippen molar-refractivity contribution in [2.45, 2.75) is 19.4 Å². The molecule has 0 bridgehead atoms. The zero-order valence-corrected chi connectivity index (χ0v) is 12.8. The number of aromatic nitrogens is 1. The fourth-order valence-electron chi connectivity index (χ4n) is 1.60. The Morgan fingerprint density at radius 2 is 2.26 bits per heavy atom. The first-order chi connectivity index (χ1) is 9.06. The number of amides is 1. The number of nitrogens with two attached hydrogens (primary N) is 1. The highest BCUT2D eigenvalue weighted by molar-refractivity contribution is 9.10. The van der Waals surface area contributed by atoms with Gasteiger partial charge in [0.2, 0.25) is 0 Å². The summed E-state index contributed by atoms with van der Waals surface area (Å²) >= 11 is 4.76. The summed E-state index contributed by atoms with van der Waals surface area (Å²) in [5.41, 5.74) is 7.21. The Morgan fingerprint density at radius 1 is 1.53 bits per heavy atom. The lowest BCUT2D eigenvalue weighted by Gasteiger charge is -2.03.